The number of halogens is 1. The highest BCUT2D eigenvalue weighted by Gasteiger charge is 2.24. The molecule has 1 unspecified atom stereocenters. The Morgan fingerprint density at radius 1 is 1.21 bits per heavy atom. The molecular formula is C14H20FN3O. The van der Waals surface area contributed by atoms with Crippen molar-refractivity contribution < 1.29 is 9.18 Å². The first-order valence-electron chi connectivity index (χ1n) is 6.58. The molecule has 1 amide bonds. The predicted octanol–water partition coefficient (Wildman–Crippen LogP) is 1.08. The third-order valence-electron chi connectivity index (χ3n) is 3.59. The summed E-state index contributed by atoms with van der Waals surface area (Å²) in [6, 6.07) is 6.36. The minimum Gasteiger partial charge on any atom is -0.368 e. The monoisotopic (exact) mass is 265 g/mol. The van der Waals surface area contributed by atoms with Crippen molar-refractivity contribution in [3.63, 3.8) is 0 Å². The molecule has 0 aromatic heterocycles. The number of piperazine rings is 1. The van der Waals surface area contributed by atoms with Crippen LogP contribution in [-0.4, -0.2) is 50.1 Å². The summed E-state index contributed by atoms with van der Waals surface area (Å²) in [6.45, 7) is 4.86. The van der Waals surface area contributed by atoms with E-state index < -0.39 is 0 Å². The van der Waals surface area contributed by atoms with Crippen LogP contribution in [0.15, 0.2) is 24.3 Å². The van der Waals surface area contributed by atoms with Gasteiger partial charge in [0.2, 0.25) is 5.91 Å². The van der Waals surface area contributed by atoms with Gasteiger partial charge in [-0.1, -0.05) is 0 Å². The Morgan fingerprint density at radius 3 is 2.32 bits per heavy atom. The van der Waals surface area contributed by atoms with E-state index in [1.807, 2.05) is 11.8 Å². The van der Waals surface area contributed by atoms with Gasteiger partial charge in [0.05, 0.1) is 6.04 Å². The van der Waals surface area contributed by atoms with Crippen LogP contribution in [0.5, 0.6) is 0 Å². The largest absolute Gasteiger partial charge is 0.368 e. The van der Waals surface area contributed by atoms with Gasteiger partial charge in [0.25, 0.3) is 0 Å². The number of nitrogens with one attached hydrogen (secondary N) is 1. The van der Waals surface area contributed by atoms with Gasteiger partial charge in [0.15, 0.2) is 0 Å². The summed E-state index contributed by atoms with van der Waals surface area (Å²) in [7, 11) is 1.79. The molecule has 1 N–H and O–H groups in total. The van der Waals surface area contributed by atoms with E-state index in [4.69, 9.17) is 0 Å². The molecular weight excluding hydrogens is 245 g/mol. The first-order chi connectivity index (χ1) is 9.11. The molecule has 0 aliphatic carbocycles. The second kappa shape index (κ2) is 6.02. The van der Waals surface area contributed by atoms with E-state index in [0.717, 1.165) is 18.8 Å². The molecule has 1 aromatic carbocycles. The van der Waals surface area contributed by atoms with Gasteiger partial charge in [0.1, 0.15) is 5.82 Å². The Bertz CT molecular complexity index is 427. The Hall–Kier alpha value is -1.62. The molecule has 5 heteroatoms. The minimum absolute atomic E-state index is 0.140. The summed E-state index contributed by atoms with van der Waals surface area (Å²) in [6.07, 6.45) is 0. The van der Waals surface area contributed by atoms with Gasteiger partial charge in [-0.25, -0.2) is 4.39 Å². The summed E-state index contributed by atoms with van der Waals surface area (Å²) in [5.41, 5.74) is 1.01. The summed E-state index contributed by atoms with van der Waals surface area (Å²) < 4.78 is 12.9. The molecule has 104 valence electrons. The lowest BCUT2D eigenvalue weighted by Gasteiger charge is -2.37. The second-order valence-electron chi connectivity index (χ2n) is 4.80. The van der Waals surface area contributed by atoms with Crippen LogP contribution in [0.3, 0.4) is 0 Å². The van der Waals surface area contributed by atoms with E-state index >= 15 is 0 Å². The molecule has 1 heterocycles. The fourth-order valence-corrected chi connectivity index (χ4v) is 2.23. The molecule has 0 bridgehead atoms. The standard InChI is InChI=1S/C14H20FN3O/c1-11(16-2)14(19)18-9-7-17(8-10-18)13-5-3-12(15)4-6-13/h3-6,11,16H,7-10H2,1-2H3. The SMILES string of the molecule is CNC(C)C(=O)N1CCN(c2ccc(F)cc2)CC1. The lowest BCUT2D eigenvalue weighted by molar-refractivity contribution is -0.133. The summed E-state index contributed by atoms with van der Waals surface area (Å²) in [4.78, 5) is 16.1. The van der Waals surface area contributed by atoms with Crippen LogP contribution in [0.1, 0.15) is 6.92 Å². The van der Waals surface area contributed by atoms with Crippen molar-refractivity contribution in [2.24, 2.45) is 0 Å². The summed E-state index contributed by atoms with van der Waals surface area (Å²) >= 11 is 0. The van der Waals surface area contributed by atoms with Gasteiger partial charge in [-0.15, -0.1) is 0 Å². The molecule has 19 heavy (non-hydrogen) atoms. The molecule has 1 aromatic rings. The van der Waals surface area contributed by atoms with Crippen LogP contribution < -0.4 is 10.2 Å². The number of anilines is 1. The first kappa shape index (κ1) is 13.8. The quantitative estimate of drug-likeness (QED) is 0.888. The van der Waals surface area contributed by atoms with Gasteiger partial charge in [-0.2, -0.15) is 0 Å². The highest BCUT2D eigenvalue weighted by atomic mass is 19.1. The molecule has 1 aliphatic heterocycles. The highest BCUT2D eigenvalue weighted by molar-refractivity contribution is 5.81. The number of carbonyl (C=O) groups excluding carboxylic acids is 1. The molecule has 1 aliphatic rings. The molecule has 1 fully saturated rings. The van der Waals surface area contributed by atoms with Crippen molar-refractivity contribution >= 4 is 11.6 Å². The van der Waals surface area contributed by atoms with Crippen molar-refractivity contribution in [3.05, 3.63) is 30.1 Å². The molecule has 0 spiro atoms. The van der Waals surface area contributed by atoms with E-state index in [1.54, 1.807) is 19.2 Å². The summed E-state index contributed by atoms with van der Waals surface area (Å²) in [5.74, 6) is -0.0818. The van der Waals surface area contributed by atoms with Gasteiger partial charge in [0, 0.05) is 31.9 Å². The third-order valence-corrected chi connectivity index (χ3v) is 3.59. The van der Waals surface area contributed by atoms with Gasteiger partial charge >= 0.3 is 0 Å². The van der Waals surface area contributed by atoms with Crippen LogP contribution in [0.4, 0.5) is 10.1 Å². The Kier molecular flexibility index (Phi) is 4.37. The predicted molar refractivity (Wildman–Crippen MR) is 73.7 cm³/mol. The zero-order valence-corrected chi connectivity index (χ0v) is 11.4. The Balaban J connectivity index is 1.92. The van der Waals surface area contributed by atoms with E-state index in [9.17, 15) is 9.18 Å². The molecule has 1 atom stereocenters. The van der Waals surface area contributed by atoms with Crippen LogP contribution in [0.2, 0.25) is 0 Å². The zero-order chi connectivity index (χ0) is 13.8. The van der Waals surface area contributed by atoms with Crippen LogP contribution in [0, 0.1) is 5.82 Å². The van der Waals surface area contributed by atoms with Crippen molar-refractivity contribution in [1.82, 2.24) is 10.2 Å². The normalized spacial score (nSPS) is 17.4. The van der Waals surface area contributed by atoms with Gasteiger partial charge in [-0.05, 0) is 38.2 Å². The molecule has 0 saturated carbocycles. The van der Waals surface area contributed by atoms with Crippen molar-refractivity contribution in [1.29, 1.82) is 0 Å². The highest BCUT2D eigenvalue weighted by Crippen LogP contribution is 2.17. The molecule has 1 saturated heterocycles. The smallest absolute Gasteiger partial charge is 0.239 e. The van der Waals surface area contributed by atoms with Crippen molar-refractivity contribution in [3.8, 4) is 0 Å². The number of carbonyl (C=O) groups is 1. The fourth-order valence-electron chi connectivity index (χ4n) is 2.23. The lowest BCUT2D eigenvalue weighted by Crippen LogP contribution is -2.53. The average Bonchev–Trinajstić information content (AvgIpc) is 2.46. The second-order valence-corrected chi connectivity index (χ2v) is 4.80. The number of hydrogen-bond donors (Lipinski definition) is 1. The maximum Gasteiger partial charge on any atom is 0.239 e. The number of likely N-dealkylation sites (N-methyl/N-ethyl adjacent to an activating group) is 1. The van der Waals surface area contributed by atoms with Crippen molar-refractivity contribution in [2.45, 2.75) is 13.0 Å². The van der Waals surface area contributed by atoms with Crippen molar-refractivity contribution in [2.75, 3.05) is 38.1 Å². The van der Waals surface area contributed by atoms with E-state index in [-0.39, 0.29) is 17.8 Å². The topological polar surface area (TPSA) is 35.6 Å². The minimum atomic E-state index is -0.222. The van der Waals surface area contributed by atoms with Crippen LogP contribution in [-0.2, 0) is 4.79 Å². The molecule has 0 radical (unpaired) electrons. The fraction of sp³-hybridized carbons (Fsp3) is 0.500. The molecule has 2 rings (SSSR count). The Morgan fingerprint density at radius 2 is 1.79 bits per heavy atom. The maximum atomic E-state index is 12.9. The van der Waals surface area contributed by atoms with Crippen LogP contribution >= 0.6 is 0 Å². The van der Waals surface area contributed by atoms with E-state index in [2.05, 4.69) is 10.2 Å². The average molecular weight is 265 g/mol. The third kappa shape index (κ3) is 3.23. The van der Waals surface area contributed by atoms with Crippen LogP contribution in [0.25, 0.3) is 0 Å². The number of benzene rings is 1. The number of amides is 1. The van der Waals surface area contributed by atoms with E-state index in [0.29, 0.717) is 13.1 Å². The Labute approximate surface area is 113 Å². The number of hydrogen-bond acceptors (Lipinski definition) is 3. The first-order valence-corrected chi connectivity index (χ1v) is 6.58. The van der Waals surface area contributed by atoms with Gasteiger partial charge in [-0.3, -0.25) is 4.79 Å². The van der Waals surface area contributed by atoms with E-state index in [1.165, 1.54) is 12.1 Å². The van der Waals surface area contributed by atoms with Gasteiger partial charge < -0.3 is 15.1 Å². The number of rotatable bonds is 3. The molecule has 4 nitrogen and oxygen atoms in total. The lowest BCUT2D eigenvalue weighted by atomic mass is 10.2. The zero-order valence-electron chi connectivity index (χ0n) is 11.4. The summed E-state index contributed by atoms with van der Waals surface area (Å²) in [5, 5.41) is 2.96. The number of nitrogens with zero attached hydrogens (tertiary/aromatic N) is 2. The maximum absolute atomic E-state index is 12.9.